The summed E-state index contributed by atoms with van der Waals surface area (Å²) >= 11 is 0. The van der Waals surface area contributed by atoms with Crippen molar-refractivity contribution in [3.63, 3.8) is 0 Å². The van der Waals surface area contributed by atoms with Crippen LogP contribution >= 0.6 is 0 Å². The van der Waals surface area contributed by atoms with E-state index < -0.39 is 5.82 Å². The van der Waals surface area contributed by atoms with Gasteiger partial charge in [-0.1, -0.05) is 12.1 Å². The number of benzene rings is 1. The summed E-state index contributed by atoms with van der Waals surface area (Å²) in [5, 5.41) is 0. The summed E-state index contributed by atoms with van der Waals surface area (Å²) in [6, 6.07) is 11.9. The minimum absolute atomic E-state index is 0.198. The Morgan fingerprint density at radius 2 is 2.00 bits per heavy atom. The van der Waals surface area contributed by atoms with Gasteiger partial charge < -0.3 is 4.90 Å². The number of carbonyl (C=O) groups is 1. The highest BCUT2D eigenvalue weighted by Crippen LogP contribution is 2.27. The second kappa shape index (κ2) is 5.85. The minimum Gasteiger partial charge on any atom is -0.306 e. The largest absolute Gasteiger partial charge is 0.306 e. The quantitative estimate of drug-likeness (QED) is 0.726. The minimum atomic E-state index is -0.399. The number of fused-ring (bicyclic) bond motifs is 1. The standard InChI is InChI=1S/C19H14FN3O/c20-15-5-4-13-6-8-23(19(24)17(13)10-15)16-9-14(11-21-12-16)18-3-1-2-7-22-18/h1-5,7,9-12H,6,8H2. The fourth-order valence-electron chi connectivity index (χ4n) is 2.94. The third-order valence-electron chi connectivity index (χ3n) is 4.15. The van der Waals surface area contributed by atoms with Crippen LogP contribution in [0.2, 0.25) is 0 Å². The first kappa shape index (κ1) is 14.5. The molecule has 118 valence electrons. The van der Waals surface area contributed by atoms with Crippen LogP contribution in [-0.4, -0.2) is 22.4 Å². The molecule has 4 nitrogen and oxygen atoms in total. The maximum absolute atomic E-state index is 13.5. The summed E-state index contributed by atoms with van der Waals surface area (Å²) < 4.78 is 13.5. The molecule has 0 bridgehead atoms. The molecule has 3 heterocycles. The van der Waals surface area contributed by atoms with E-state index >= 15 is 0 Å². The number of pyridine rings is 2. The second-order valence-electron chi connectivity index (χ2n) is 5.66. The van der Waals surface area contributed by atoms with Gasteiger partial charge >= 0.3 is 0 Å². The molecule has 0 radical (unpaired) electrons. The molecular weight excluding hydrogens is 305 g/mol. The molecule has 0 unspecified atom stereocenters. The molecule has 3 aromatic rings. The Morgan fingerprint density at radius 3 is 2.83 bits per heavy atom. The first-order chi connectivity index (χ1) is 11.7. The average molecular weight is 319 g/mol. The molecule has 1 aliphatic heterocycles. The lowest BCUT2D eigenvalue weighted by Crippen LogP contribution is -2.37. The first-order valence-corrected chi connectivity index (χ1v) is 7.69. The molecule has 24 heavy (non-hydrogen) atoms. The predicted octanol–water partition coefficient (Wildman–Crippen LogP) is 3.49. The van der Waals surface area contributed by atoms with Crippen LogP contribution in [0.25, 0.3) is 11.3 Å². The van der Waals surface area contributed by atoms with Gasteiger partial charge in [0.05, 0.1) is 17.6 Å². The Kier molecular flexibility index (Phi) is 3.54. The van der Waals surface area contributed by atoms with Crippen molar-refractivity contribution in [2.24, 2.45) is 0 Å². The van der Waals surface area contributed by atoms with Crippen LogP contribution < -0.4 is 4.90 Å². The third-order valence-corrected chi connectivity index (χ3v) is 4.15. The Morgan fingerprint density at radius 1 is 1.08 bits per heavy atom. The predicted molar refractivity (Wildman–Crippen MR) is 89.2 cm³/mol. The smallest absolute Gasteiger partial charge is 0.258 e. The fourth-order valence-corrected chi connectivity index (χ4v) is 2.94. The van der Waals surface area contributed by atoms with E-state index in [9.17, 15) is 9.18 Å². The first-order valence-electron chi connectivity index (χ1n) is 7.69. The molecule has 0 spiro atoms. The van der Waals surface area contributed by atoms with Gasteiger partial charge in [0.15, 0.2) is 0 Å². The highest BCUT2D eigenvalue weighted by molar-refractivity contribution is 6.08. The number of halogens is 1. The van der Waals surface area contributed by atoms with E-state index in [2.05, 4.69) is 9.97 Å². The van der Waals surface area contributed by atoms with Crippen molar-refractivity contribution in [1.82, 2.24) is 9.97 Å². The van der Waals surface area contributed by atoms with Crippen LogP contribution in [0.3, 0.4) is 0 Å². The van der Waals surface area contributed by atoms with Crippen LogP contribution in [0.1, 0.15) is 15.9 Å². The highest BCUT2D eigenvalue weighted by Gasteiger charge is 2.26. The van der Waals surface area contributed by atoms with Gasteiger partial charge in [-0.15, -0.1) is 0 Å². The normalized spacial score (nSPS) is 13.7. The number of rotatable bonds is 2. The van der Waals surface area contributed by atoms with Crippen molar-refractivity contribution >= 4 is 11.6 Å². The molecule has 5 heteroatoms. The van der Waals surface area contributed by atoms with E-state index in [1.54, 1.807) is 29.6 Å². The van der Waals surface area contributed by atoms with Crippen molar-refractivity contribution in [3.05, 3.63) is 78.0 Å². The molecule has 0 N–H and O–H groups in total. The number of nitrogens with zero attached hydrogens (tertiary/aromatic N) is 3. The molecule has 1 amide bonds. The van der Waals surface area contributed by atoms with Crippen molar-refractivity contribution in [3.8, 4) is 11.3 Å². The van der Waals surface area contributed by atoms with E-state index in [4.69, 9.17) is 0 Å². The van der Waals surface area contributed by atoms with Crippen molar-refractivity contribution in [2.75, 3.05) is 11.4 Å². The Balaban J connectivity index is 1.71. The topological polar surface area (TPSA) is 46.1 Å². The van der Waals surface area contributed by atoms with Gasteiger partial charge in [0, 0.05) is 30.1 Å². The van der Waals surface area contributed by atoms with Crippen LogP contribution in [0.15, 0.2) is 61.1 Å². The zero-order valence-corrected chi connectivity index (χ0v) is 12.8. The molecule has 0 saturated carbocycles. The summed E-state index contributed by atoms with van der Waals surface area (Å²) in [5.74, 6) is -0.597. The van der Waals surface area contributed by atoms with E-state index in [-0.39, 0.29) is 5.91 Å². The summed E-state index contributed by atoms with van der Waals surface area (Å²) in [6.45, 7) is 0.546. The number of hydrogen-bond donors (Lipinski definition) is 0. The fraction of sp³-hybridized carbons (Fsp3) is 0.105. The number of anilines is 1. The molecule has 0 atom stereocenters. The summed E-state index contributed by atoms with van der Waals surface area (Å²) in [6.07, 6.45) is 5.77. The molecule has 4 rings (SSSR count). The van der Waals surface area contributed by atoms with E-state index in [1.807, 2.05) is 24.3 Å². The summed E-state index contributed by atoms with van der Waals surface area (Å²) in [5.41, 5.74) is 3.63. The second-order valence-corrected chi connectivity index (χ2v) is 5.66. The lowest BCUT2D eigenvalue weighted by atomic mass is 9.98. The van der Waals surface area contributed by atoms with Gasteiger partial charge in [-0.3, -0.25) is 14.8 Å². The molecule has 0 fully saturated rings. The Hall–Kier alpha value is -3.08. The zero-order chi connectivity index (χ0) is 16.5. The van der Waals surface area contributed by atoms with E-state index in [0.717, 1.165) is 16.8 Å². The molecule has 0 saturated heterocycles. The zero-order valence-electron chi connectivity index (χ0n) is 12.8. The van der Waals surface area contributed by atoms with Crippen molar-refractivity contribution < 1.29 is 9.18 Å². The Bertz CT molecular complexity index is 911. The average Bonchev–Trinajstić information content (AvgIpc) is 2.63. The van der Waals surface area contributed by atoms with Gasteiger partial charge in [-0.2, -0.15) is 0 Å². The molecule has 1 aliphatic rings. The van der Waals surface area contributed by atoms with Crippen LogP contribution in [0.5, 0.6) is 0 Å². The van der Waals surface area contributed by atoms with Crippen molar-refractivity contribution in [1.29, 1.82) is 0 Å². The van der Waals surface area contributed by atoms with E-state index in [1.165, 1.54) is 12.1 Å². The van der Waals surface area contributed by atoms with Gasteiger partial charge in [0.1, 0.15) is 5.82 Å². The monoisotopic (exact) mass is 319 g/mol. The number of amides is 1. The van der Waals surface area contributed by atoms with Gasteiger partial charge in [-0.05, 0) is 42.3 Å². The number of hydrogen-bond acceptors (Lipinski definition) is 3. The van der Waals surface area contributed by atoms with Gasteiger partial charge in [0.2, 0.25) is 0 Å². The highest BCUT2D eigenvalue weighted by atomic mass is 19.1. The number of aromatic nitrogens is 2. The molecule has 1 aromatic carbocycles. The maximum atomic E-state index is 13.5. The van der Waals surface area contributed by atoms with Crippen LogP contribution in [0, 0.1) is 5.82 Å². The SMILES string of the molecule is O=C1c2cc(F)ccc2CCN1c1cncc(-c2ccccn2)c1. The molecule has 2 aromatic heterocycles. The van der Waals surface area contributed by atoms with Crippen molar-refractivity contribution in [2.45, 2.75) is 6.42 Å². The van der Waals surface area contributed by atoms with Crippen LogP contribution in [0.4, 0.5) is 10.1 Å². The third kappa shape index (κ3) is 2.54. The van der Waals surface area contributed by atoms with Gasteiger partial charge in [-0.25, -0.2) is 4.39 Å². The van der Waals surface area contributed by atoms with E-state index in [0.29, 0.717) is 24.2 Å². The van der Waals surface area contributed by atoms with Crippen LogP contribution in [-0.2, 0) is 6.42 Å². The lowest BCUT2D eigenvalue weighted by Gasteiger charge is -2.28. The summed E-state index contributed by atoms with van der Waals surface area (Å²) in [7, 11) is 0. The Labute approximate surface area is 138 Å². The molecule has 0 aliphatic carbocycles. The summed E-state index contributed by atoms with van der Waals surface area (Å²) in [4.78, 5) is 22.9. The van der Waals surface area contributed by atoms with Gasteiger partial charge in [0.25, 0.3) is 5.91 Å². The number of carbonyl (C=O) groups excluding carboxylic acids is 1. The lowest BCUT2D eigenvalue weighted by molar-refractivity contribution is 0.0980. The molecular formula is C19H14FN3O. The maximum Gasteiger partial charge on any atom is 0.258 e.